The van der Waals surface area contributed by atoms with Crippen molar-refractivity contribution in [3.8, 4) is 11.4 Å². The van der Waals surface area contributed by atoms with Crippen LogP contribution in [0.15, 0.2) is 40.9 Å². The van der Waals surface area contributed by atoms with Gasteiger partial charge in [0.15, 0.2) is 0 Å². The molecular formula is C13H9BrIN3. The minimum atomic E-state index is 0.749. The second-order valence-corrected chi connectivity index (χ2v) is 6.18. The Kier molecular flexibility index (Phi) is 3.03. The van der Waals surface area contributed by atoms with Crippen molar-refractivity contribution >= 4 is 55.2 Å². The number of anilines is 1. The highest BCUT2D eigenvalue weighted by molar-refractivity contribution is 14.1. The van der Waals surface area contributed by atoms with Crippen molar-refractivity contribution in [3.63, 3.8) is 0 Å². The van der Waals surface area contributed by atoms with E-state index in [0.29, 0.717) is 0 Å². The molecule has 0 aliphatic rings. The summed E-state index contributed by atoms with van der Waals surface area (Å²) >= 11 is 5.70. The summed E-state index contributed by atoms with van der Waals surface area (Å²) in [7, 11) is 0. The van der Waals surface area contributed by atoms with Crippen LogP contribution in [-0.4, -0.2) is 9.97 Å². The molecule has 0 bridgehead atoms. The Hall–Kier alpha value is -1.08. The number of nitrogens with zero attached hydrogens (tertiary/aromatic N) is 1. The maximum absolute atomic E-state index is 5.86. The summed E-state index contributed by atoms with van der Waals surface area (Å²) < 4.78 is 2.14. The fraction of sp³-hybridized carbons (Fsp3) is 0. The minimum absolute atomic E-state index is 0.749. The third kappa shape index (κ3) is 2.24. The zero-order chi connectivity index (χ0) is 12.7. The van der Waals surface area contributed by atoms with Crippen molar-refractivity contribution in [3.05, 3.63) is 44.4 Å². The molecule has 3 aromatic rings. The molecule has 0 atom stereocenters. The first-order valence-electron chi connectivity index (χ1n) is 5.33. The van der Waals surface area contributed by atoms with E-state index in [2.05, 4.69) is 54.6 Å². The van der Waals surface area contributed by atoms with Gasteiger partial charge in [0.2, 0.25) is 0 Å². The van der Waals surface area contributed by atoms with E-state index in [-0.39, 0.29) is 0 Å². The van der Waals surface area contributed by atoms with Crippen molar-refractivity contribution in [2.24, 2.45) is 0 Å². The van der Waals surface area contributed by atoms with Crippen molar-refractivity contribution < 1.29 is 0 Å². The molecule has 2 aromatic carbocycles. The fourth-order valence-electron chi connectivity index (χ4n) is 1.87. The second kappa shape index (κ2) is 4.55. The molecule has 1 aromatic heterocycles. The summed E-state index contributed by atoms with van der Waals surface area (Å²) in [6.07, 6.45) is 0. The Morgan fingerprint density at radius 1 is 1.17 bits per heavy atom. The Bertz CT molecular complexity index is 716. The molecule has 3 rings (SSSR count). The van der Waals surface area contributed by atoms with Gasteiger partial charge in [-0.25, -0.2) is 4.98 Å². The van der Waals surface area contributed by atoms with Gasteiger partial charge in [-0.3, -0.25) is 0 Å². The molecule has 18 heavy (non-hydrogen) atoms. The highest BCUT2D eigenvalue weighted by atomic mass is 127. The molecular weight excluding hydrogens is 405 g/mol. The summed E-state index contributed by atoms with van der Waals surface area (Å²) in [5.74, 6) is 0.841. The highest BCUT2D eigenvalue weighted by Gasteiger charge is 2.07. The van der Waals surface area contributed by atoms with Gasteiger partial charge in [0.1, 0.15) is 5.82 Å². The number of hydrogen-bond donors (Lipinski definition) is 2. The van der Waals surface area contributed by atoms with Crippen molar-refractivity contribution in [1.82, 2.24) is 9.97 Å². The fourth-order valence-corrected chi connectivity index (χ4v) is 2.92. The van der Waals surface area contributed by atoms with E-state index in [9.17, 15) is 0 Å². The number of nitrogens with two attached hydrogens (primary N) is 1. The zero-order valence-electron chi connectivity index (χ0n) is 9.24. The van der Waals surface area contributed by atoms with E-state index in [1.54, 1.807) is 0 Å². The maximum atomic E-state index is 5.86. The average molecular weight is 414 g/mol. The monoisotopic (exact) mass is 413 g/mol. The molecule has 0 saturated carbocycles. The molecule has 0 spiro atoms. The number of nitrogen functional groups attached to an aromatic ring is 1. The number of nitrogens with one attached hydrogen (secondary N) is 1. The maximum Gasteiger partial charge on any atom is 0.138 e. The molecule has 90 valence electrons. The minimum Gasteiger partial charge on any atom is -0.399 e. The van der Waals surface area contributed by atoms with Crippen molar-refractivity contribution in [2.75, 3.05) is 5.73 Å². The van der Waals surface area contributed by atoms with E-state index < -0.39 is 0 Å². The van der Waals surface area contributed by atoms with Crippen LogP contribution < -0.4 is 5.73 Å². The summed E-state index contributed by atoms with van der Waals surface area (Å²) in [5, 5.41) is 0. The van der Waals surface area contributed by atoms with Gasteiger partial charge >= 0.3 is 0 Å². The van der Waals surface area contributed by atoms with Crippen LogP contribution in [0.3, 0.4) is 0 Å². The summed E-state index contributed by atoms with van der Waals surface area (Å²) in [6.45, 7) is 0. The number of aromatic nitrogens is 2. The molecule has 5 heteroatoms. The molecule has 0 radical (unpaired) electrons. The average Bonchev–Trinajstić information content (AvgIpc) is 2.70. The third-order valence-electron chi connectivity index (χ3n) is 2.64. The lowest BCUT2D eigenvalue weighted by Gasteiger charge is -2.00. The van der Waals surface area contributed by atoms with Crippen LogP contribution >= 0.6 is 38.5 Å². The number of aromatic amines is 1. The van der Waals surface area contributed by atoms with Crippen molar-refractivity contribution in [1.29, 1.82) is 0 Å². The van der Waals surface area contributed by atoms with Gasteiger partial charge in [-0.2, -0.15) is 0 Å². The smallest absolute Gasteiger partial charge is 0.138 e. The van der Waals surface area contributed by atoms with Crippen molar-refractivity contribution in [2.45, 2.75) is 0 Å². The molecule has 3 N–H and O–H groups in total. The van der Waals surface area contributed by atoms with Crippen LogP contribution in [0.2, 0.25) is 0 Å². The first-order valence-corrected chi connectivity index (χ1v) is 7.21. The second-order valence-electron chi connectivity index (χ2n) is 4.02. The Morgan fingerprint density at radius 2 is 2.00 bits per heavy atom. The van der Waals surface area contributed by atoms with Gasteiger partial charge in [-0.15, -0.1) is 0 Å². The Balaban J connectivity index is 2.19. The molecule has 0 fully saturated rings. The van der Waals surface area contributed by atoms with Gasteiger partial charge in [-0.05, 0) is 59.0 Å². The quantitative estimate of drug-likeness (QED) is 0.464. The first-order chi connectivity index (χ1) is 8.61. The summed E-state index contributed by atoms with van der Waals surface area (Å²) in [4.78, 5) is 7.88. The Morgan fingerprint density at radius 3 is 2.78 bits per heavy atom. The first kappa shape index (κ1) is 12.0. The number of hydrogen-bond acceptors (Lipinski definition) is 2. The summed E-state index contributed by atoms with van der Waals surface area (Å²) in [6, 6.07) is 11.9. The van der Waals surface area contributed by atoms with E-state index in [1.165, 1.54) is 0 Å². The van der Waals surface area contributed by atoms with Gasteiger partial charge < -0.3 is 10.7 Å². The van der Waals surface area contributed by atoms with Crippen LogP contribution in [0, 0.1) is 3.57 Å². The number of halogens is 2. The normalized spacial score (nSPS) is 11.0. The van der Waals surface area contributed by atoms with Crippen LogP contribution in [0.25, 0.3) is 22.4 Å². The van der Waals surface area contributed by atoms with Crippen LogP contribution in [-0.2, 0) is 0 Å². The largest absolute Gasteiger partial charge is 0.399 e. The lowest BCUT2D eigenvalue weighted by Crippen LogP contribution is -1.88. The van der Waals surface area contributed by atoms with E-state index in [1.807, 2.05) is 30.3 Å². The lowest BCUT2D eigenvalue weighted by molar-refractivity contribution is 1.33. The number of imidazole rings is 1. The number of H-pyrrole nitrogens is 1. The van der Waals surface area contributed by atoms with Crippen LogP contribution in [0.1, 0.15) is 0 Å². The number of fused-ring (bicyclic) bond motifs is 1. The Labute approximate surface area is 126 Å². The predicted octanol–water partition coefficient (Wildman–Crippen LogP) is 4.18. The van der Waals surface area contributed by atoms with Crippen LogP contribution in [0.5, 0.6) is 0 Å². The SMILES string of the molecule is Nc1cc(I)cc(-c2nc3ccc(Br)cc3[nH]2)c1. The molecule has 0 aliphatic carbocycles. The van der Waals surface area contributed by atoms with Gasteiger partial charge in [0, 0.05) is 19.3 Å². The van der Waals surface area contributed by atoms with E-state index >= 15 is 0 Å². The molecule has 0 amide bonds. The molecule has 0 aliphatic heterocycles. The topological polar surface area (TPSA) is 54.7 Å². The molecule has 0 unspecified atom stereocenters. The number of benzene rings is 2. The third-order valence-corrected chi connectivity index (χ3v) is 3.75. The highest BCUT2D eigenvalue weighted by Crippen LogP contribution is 2.25. The number of rotatable bonds is 1. The zero-order valence-corrected chi connectivity index (χ0v) is 13.0. The van der Waals surface area contributed by atoms with Gasteiger partial charge in [0.05, 0.1) is 11.0 Å². The summed E-state index contributed by atoms with van der Waals surface area (Å²) in [5.41, 5.74) is 9.58. The predicted molar refractivity (Wildman–Crippen MR) is 86.4 cm³/mol. The van der Waals surface area contributed by atoms with Crippen LogP contribution in [0.4, 0.5) is 5.69 Å². The van der Waals surface area contributed by atoms with Gasteiger partial charge in [0.25, 0.3) is 0 Å². The van der Waals surface area contributed by atoms with Gasteiger partial charge in [-0.1, -0.05) is 15.9 Å². The molecule has 0 saturated heterocycles. The van der Waals surface area contributed by atoms with E-state index in [0.717, 1.165) is 36.2 Å². The molecule has 3 nitrogen and oxygen atoms in total. The lowest BCUT2D eigenvalue weighted by atomic mass is 10.2. The van der Waals surface area contributed by atoms with E-state index in [4.69, 9.17) is 5.73 Å². The standard InChI is InChI=1S/C13H9BrIN3/c14-8-1-2-11-12(5-8)18-13(17-11)7-3-9(15)6-10(16)4-7/h1-6H,16H2,(H,17,18). The molecule has 1 heterocycles.